The summed E-state index contributed by atoms with van der Waals surface area (Å²) in [5.74, 6) is 1.80. The van der Waals surface area contributed by atoms with Crippen LogP contribution in [0.3, 0.4) is 0 Å². The molecule has 0 aromatic rings. The SMILES string of the molecule is CN(C)C(N=C1C=CC(=NC(N(C)C)=[N+](C)C)C=C1)=[N+](C)C. The van der Waals surface area contributed by atoms with Crippen molar-refractivity contribution in [2.75, 3.05) is 56.4 Å². The largest absolute Gasteiger partial charge is 0.389 e. The van der Waals surface area contributed by atoms with E-state index in [0.29, 0.717) is 0 Å². The van der Waals surface area contributed by atoms with Crippen molar-refractivity contribution in [3.05, 3.63) is 24.3 Å². The van der Waals surface area contributed by atoms with Crippen LogP contribution in [-0.2, 0) is 0 Å². The minimum absolute atomic E-state index is 0.901. The molecule has 0 fully saturated rings. The molecule has 0 atom stereocenters. The highest BCUT2D eigenvalue weighted by atomic mass is 15.3. The molecule has 0 aromatic carbocycles. The summed E-state index contributed by atoms with van der Waals surface area (Å²) in [6.07, 6.45) is 7.92. The van der Waals surface area contributed by atoms with E-state index in [2.05, 4.69) is 9.98 Å². The molecule has 1 rings (SSSR count). The monoisotopic (exact) mass is 304 g/mol. The molecule has 0 saturated carbocycles. The second kappa shape index (κ2) is 7.68. The average Bonchev–Trinajstić information content (AvgIpc) is 2.42. The van der Waals surface area contributed by atoms with Crippen LogP contribution in [-0.4, -0.2) is 98.7 Å². The normalized spacial score (nSPS) is 12.9. The van der Waals surface area contributed by atoms with Crippen molar-refractivity contribution >= 4 is 23.3 Å². The van der Waals surface area contributed by atoms with Gasteiger partial charge in [-0.2, -0.15) is 0 Å². The highest BCUT2D eigenvalue weighted by molar-refractivity contribution is 6.21. The van der Waals surface area contributed by atoms with E-state index in [1.54, 1.807) is 0 Å². The summed E-state index contributed by atoms with van der Waals surface area (Å²) in [7, 11) is 15.9. The molecule has 1 aliphatic rings. The predicted octanol–water partition coefficient (Wildman–Crippen LogP) is 0.374. The van der Waals surface area contributed by atoms with Gasteiger partial charge in [-0.1, -0.05) is 9.98 Å². The summed E-state index contributed by atoms with van der Waals surface area (Å²) in [5.41, 5.74) is 1.82. The molecule has 6 heteroatoms. The van der Waals surface area contributed by atoms with Crippen molar-refractivity contribution in [1.82, 2.24) is 9.80 Å². The molecular formula is C16H28N6+2. The summed E-state index contributed by atoms with van der Waals surface area (Å²) in [4.78, 5) is 13.3. The van der Waals surface area contributed by atoms with Crippen LogP contribution in [0, 0.1) is 0 Å². The summed E-state index contributed by atoms with van der Waals surface area (Å²) in [6.45, 7) is 0. The number of rotatable bonds is 0. The second-order valence-corrected chi connectivity index (χ2v) is 5.92. The van der Waals surface area contributed by atoms with Crippen molar-refractivity contribution in [3.63, 3.8) is 0 Å². The van der Waals surface area contributed by atoms with Crippen LogP contribution in [0.5, 0.6) is 0 Å². The molecule has 0 aliphatic heterocycles. The third-order valence-corrected chi connectivity index (χ3v) is 2.91. The van der Waals surface area contributed by atoms with Crippen molar-refractivity contribution in [1.29, 1.82) is 0 Å². The molecule has 0 spiro atoms. The zero-order valence-electron chi connectivity index (χ0n) is 15.0. The summed E-state index contributed by atoms with van der Waals surface area (Å²) in [6, 6.07) is 0. The van der Waals surface area contributed by atoms with Crippen LogP contribution in [0.4, 0.5) is 0 Å². The Labute approximate surface area is 133 Å². The minimum Gasteiger partial charge on any atom is -0.267 e. The van der Waals surface area contributed by atoms with E-state index >= 15 is 0 Å². The maximum Gasteiger partial charge on any atom is 0.389 e. The van der Waals surface area contributed by atoms with E-state index < -0.39 is 0 Å². The van der Waals surface area contributed by atoms with Crippen LogP contribution < -0.4 is 0 Å². The van der Waals surface area contributed by atoms with E-state index in [1.165, 1.54) is 0 Å². The molecule has 0 aromatic heterocycles. The van der Waals surface area contributed by atoms with Crippen LogP contribution in [0.15, 0.2) is 34.3 Å². The lowest BCUT2D eigenvalue weighted by atomic mass is 10.1. The molecule has 0 amide bonds. The Morgan fingerprint density at radius 3 is 1.14 bits per heavy atom. The smallest absolute Gasteiger partial charge is 0.267 e. The molecule has 120 valence electrons. The van der Waals surface area contributed by atoms with Gasteiger partial charge in [0, 0.05) is 0 Å². The van der Waals surface area contributed by atoms with Gasteiger partial charge in [0.1, 0.15) is 11.4 Å². The first-order valence-corrected chi connectivity index (χ1v) is 7.19. The Morgan fingerprint density at radius 1 is 0.682 bits per heavy atom. The van der Waals surface area contributed by atoms with Gasteiger partial charge in [-0.15, -0.1) is 0 Å². The molecule has 0 unspecified atom stereocenters. The molecular weight excluding hydrogens is 276 g/mol. The lowest BCUT2D eigenvalue weighted by Gasteiger charge is -2.08. The van der Waals surface area contributed by atoms with E-state index in [9.17, 15) is 0 Å². The Bertz CT molecular complexity index is 522. The lowest BCUT2D eigenvalue weighted by Crippen LogP contribution is -2.29. The Morgan fingerprint density at radius 2 is 0.955 bits per heavy atom. The molecule has 0 bridgehead atoms. The number of allylic oxidation sites excluding steroid dienone is 4. The second-order valence-electron chi connectivity index (χ2n) is 5.92. The Balaban J connectivity index is 3.03. The Kier molecular flexibility index (Phi) is 6.22. The fraction of sp³-hybridized carbons (Fsp3) is 0.500. The van der Waals surface area contributed by atoms with E-state index in [-0.39, 0.29) is 0 Å². The van der Waals surface area contributed by atoms with E-state index in [0.717, 1.165) is 23.3 Å². The van der Waals surface area contributed by atoms with Crippen molar-refractivity contribution in [2.45, 2.75) is 0 Å². The van der Waals surface area contributed by atoms with Gasteiger partial charge in [0.2, 0.25) is 0 Å². The molecule has 0 N–H and O–H groups in total. The average molecular weight is 304 g/mol. The number of guanidine groups is 2. The zero-order chi connectivity index (χ0) is 16.9. The summed E-state index contributed by atoms with van der Waals surface area (Å²) in [5, 5.41) is 0. The van der Waals surface area contributed by atoms with Gasteiger partial charge in [-0.25, -0.2) is 0 Å². The fourth-order valence-electron chi connectivity index (χ4n) is 2.03. The maximum absolute atomic E-state index is 4.65. The van der Waals surface area contributed by atoms with Crippen LogP contribution in [0.1, 0.15) is 0 Å². The van der Waals surface area contributed by atoms with Crippen LogP contribution >= 0.6 is 0 Å². The molecule has 0 saturated heterocycles. The van der Waals surface area contributed by atoms with Gasteiger partial charge in [-0.3, -0.25) is 19.0 Å². The lowest BCUT2D eigenvalue weighted by molar-refractivity contribution is -0.470. The molecule has 0 heterocycles. The predicted molar refractivity (Wildman–Crippen MR) is 94.8 cm³/mol. The first kappa shape index (κ1) is 17.8. The van der Waals surface area contributed by atoms with Gasteiger partial charge < -0.3 is 0 Å². The number of nitrogens with zero attached hydrogens (tertiary/aromatic N) is 6. The third kappa shape index (κ3) is 4.95. The topological polar surface area (TPSA) is 37.2 Å². The summed E-state index contributed by atoms with van der Waals surface area (Å²) < 4.78 is 3.98. The van der Waals surface area contributed by atoms with Crippen LogP contribution in [0.25, 0.3) is 0 Å². The van der Waals surface area contributed by atoms with Crippen molar-refractivity contribution < 1.29 is 9.15 Å². The highest BCUT2D eigenvalue weighted by Gasteiger charge is 2.15. The van der Waals surface area contributed by atoms with Gasteiger partial charge in [0.05, 0.1) is 56.4 Å². The zero-order valence-corrected chi connectivity index (χ0v) is 15.0. The van der Waals surface area contributed by atoms with Crippen molar-refractivity contribution in [2.24, 2.45) is 9.98 Å². The number of hydrogen-bond donors (Lipinski definition) is 0. The quantitative estimate of drug-likeness (QED) is 0.281. The fourth-order valence-corrected chi connectivity index (χ4v) is 2.03. The van der Waals surface area contributed by atoms with Gasteiger partial charge >= 0.3 is 11.9 Å². The first-order chi connectivity index (χ1) is 10.2. The van der Waals surface area contributed by atoms with Gasteiger partial charge in [-0.05, 0) is 24.3 Å². The highest BCUT2D eigenvalue weighted by Crippen LogP contribution is 2.01. The van der Waals surface area contributed by atoms with Crippen molar-refractivity contribution in [3.8, 4) is 0 Å². The molecule has 6 nitrogen and oxygen atoms in total. The minimum atomic E-state index is 0.901. The molecule has 0 radical (unpaired) electrons. The van der Waals surface area contributed by atoms with Gasteiger partial charge in [0.25, 0.3) is 0 Å². The first-order valence-electron chi connectivity index (χ1n) is 7.19. The third-order valence-electron chi connectivity index (χ3n) is 2.91. The van der Waals surface area contributed by atoms with E-state index in [1.807, 2.05) is 99.6 Å². The molecule has 1 aliphatic carbocycles. The maximum atomic E-state index is 4.65. The van der Waals surface area contributed by atoms with Gasteiger partial charge in [0.15, 0.2) is 0 Å². The molecule has 22 heavy (non-hydrogen) atoms. The summed E-state index contributed by atoms with van der Waals surface area (Å²) >= 11 is 0. The Hall–Kier alpha value is -2.24. The number of aliphatic imine (C=N–C) groups is 2. The standard InChI is InChI=1S/C16H28N6/c1-19(2)15(20(3)4)17-13-9-11-14(12-10-13)18-16(21(5)6)22(7)8/h9-12H,1-8H3/q+2. The number of hydrogen-bond acceptors (Lipinski definition) is 0. The van der Waals surface area contributed by atoms with E-state index in [4.69, 9.17) is 0 Å². The van der Waals surface area contributed by atoms with Crippen LogP contribution in [0.2, 0.25) is 0 Å².